The minimum absolute atomic E-state index is 0.101. The Morgan fingerprint density at radius 1 is 1.09 bits per heavy atom. The highest BCUT2D eigenvalue weighted by molar-refractivity contribution is 5.97. The second kappa shape index (κ2) is 5.69. The molecule has 1 saturated carbocycles. The van der Waals surface area contributed by atoms with Crippen LogP contribution in [0.1, 0.15) is 19.4 Å². The van der Waals surface area contributed by atoms with Crippen molar-refractivity contribution in [2.24, 2.45) is 23.7 Å². The highest BCUT2D eigenvalue weighted by Crippen LogP contribution is 2.53. The monoisotopic (exact) mass is 311 g/mol. The SMILES string of the molecule is CC(C)=C1[C@H]2C=C[C@@H]1[C@H](C(=O)Nc1cccc(C)c1)[C@H]2C(=O)O. The number of rotatable bonds is 3. The summed E-state index contributed by atoms with van der Waals surface area (Å²) in [6, 6.07) is 7.54. The zero-order valence-electron chi connectivity index (χ0n) is 13.5. The maximum atomic E-state index is 12.8. The molecular formula is C19H21NO3. The van der Waals surface area contributed by atoms with E-state index in [2.05, 4.69) is 5.32 Å². The molecule has 1 fully saturated rings. The number of nitrogens with one attached hydrogen (secondary N) is 1. The van der Waals surface area contributed by atoms with Crippen LogP contribution in [0.2, 0.25) is 0 Å². The number of amides is 1. The van der Waals surface area contributed by atoms with E-state index in [9.17, 15) is 14.7 Å². The van der Waals surface area contributed by atoms with E-state index in [0.29, 0.717) is 5.69 Å². The zero-order chi connectivity index (χ0) is 16.7. The molecule has 0 aliphatic heterocycles. The van der Waals surface area contributed by atoms with Crippen LogP contribution in [0, 0.1) is 30.6 Å². The van der Waals surface area contributed by atoms with Gasteiger partial charge < -0.3 is 10.4 Å². The summed E-state index contributed by atoms with van der Waals surface area (Å²) in [5, 5.41) is 12.5. The van der Waals surface area contributed by atoms with Gasteiger partial charge in [0.05, 0.1) is 11.8 Å². The summed E-state index contributed by atoms with van der Waals surface area (Å²) in [6.45, 7) is 5.93. The van der Waals surface area contributed by atoms with Gasteiger partial charge in [0, 0.05) is 17.5 Å². The van der Waals surface area contributed by atoms with Gasteiger partial charge in [-0.05, 0) is 38.5 Å². The molecule has 0 aromatic heterocycles. The first-order valence-corrected chi connectivity index (χ1v) is 7.86. The minimum Gasteiger partial charge on any atom is -0.481 e. The number of fused-ring (bicyclic) bond motifs is 2. The largest absolute Gasteiger partial charge is 0.481 e. The van der Waals surface area contributed by atoms with Crippen molar-refractivity contribution in [3.8, 4) is 0 Å². The molecule has 1 amide bonds. The van der Waals surface area contributed by atoms with Gasteiger partial charge in [0.1, 0.15) is 0 Å². The van der Waals surface area contributed by atoms with Crippen LogP contribution in [0.15, 0.2) is 47.6 Å². The number of carboxylic acids is 1. The summed E-state index contributed by atoms with van der Waals surface area (Å²) in [5.41, 5.74) is 3.98. The summed E-state index contributed by atoms with van der Waals surface area (Å²) in [5.74, 6) is -2.59. The maximum Gasteiger partial charge on any atom is 0.308 e. The van der Waals surface area contributed by atoms with Crippen molar-refractivity contribution in [1.82, 2.24) is 0 Å². The number of carboxylic acid groups (broad SMARTS) is 1. The normalized spacial score (nSPS) is 28.0. The quantitative estimate of drug-likeness (QED) is 0.841. The lowest BCUT2D eigenvalue weighted by molar-refractivity contribution is -0.146. The molecule has 3 rings (SSSR count). The van der Waals surface area contributed by atoms with Gasteiger partial charge in [-0.2, -0.15) is 0 Å². The average molecular weight is 311 g/mol. The second-order valence-electron chi connectivity index (χ2n) is 6.64. The topological polar surface area (TPSA) is 66.4 Å². The molecule has 0 heterocycles. The Morgan fingerprint density at radius 3 is 2.30 bits per heavy atom. The molecule has 1 aromatic carbocycles. The molecular weight excluding hydrogens is 290 g/mol. The number of hydrogen-bond donors (Lipinski definition) is 2. The van der Waals surface area contributed by atoms with Gasteiger partial charge in [-0.1, -0.05) is 35.4 Å². The predicted molar refractivity (Wildman–Crippen MR) is 88.9 cm³/mol. The Balaban J connectivity index is 1.91. The molecule has 2 N–H and O–H groups in total. The molecule has 0 unspecified atom stereocenters. The smallest absolute Gasteiger partial charge is 0.308 e. The van der Waals surface area contributed by atoms with Crippen LogP contribution in [0.5, 0.6) is 0 Å². The highest BCUT2D eigenvalue weighted by atomic mass is 16.4. The second-order valence-corrected chi connectivity index (χ2v) is 6.64. The lowest BCUT2D eigenvalue weighted by Crippen LogP contribution is -2.36. The zero-order valence-corrected chi connectivity index (χ0v) is 13.5. The fourth-order valence-electron chi connectivity index (χ4n) is 3.99. The molecule has 2 bridgehead atoms. The van der Waals surface area contributed by atoms with E-state index in [1.807, 2.05) is 57.2 Å². The van der Waals surface area contributed by atoms with Gasteiger partial charge in [-0.3, -0.25) is 9.59 Å². The van der Waals surface area contributed by atoms with Crippen LogP contribution in [-0.2, 0) is 9.59 Å². The third-order valence-electron chi connectivity index (χ3n) is 4.86. The van der Waals surface area contributed by atoms with E-state index < -0.39 is 17.8 Å². The maximum absolute atomic E-state index is 12.8. The van der Waals surface area contributed by atoms with Crippen molar-refractivity contribution < 1.29 is 14.7 Å². The Kier molecular flexibility index (Phi) is 3.84. The summed E-state index contributed by atoms with van der Waals surface area (Å²) in [7, 11) is 0. The van der Waals surface area contributed by atoms with Crippen molar-refractivity contribution >= 4 is 17.6 Å². The molecule has 0 radical (unpaired) electrons. The fraction of sp³-hybridized carbons (Fsp3) is 0.368. The van der Waals surface area contributed by atoms with Crippen LogP contribution in [0.3, 0.4) is 0 Å². The summed E-state index contributed by atoms with van der Waals surface area (Å²) in [6.07, 6.45) is 3.94. The molecule has 120 valence electrons. The lowest BCUT2D eigenvalue weighted by atomic mass is 9.82. The molecule has 4 nitrogen and oxygen atoms in total. The number of allylic oxidation sites excluding steroid dienone is 4. The first-order valence-electron chi connectivity index (χ1n) is 7.86. The van der Waals surface area contributed by atoms with Crippen LogP contribution in [-0.4, -0.2) is 17.0 Å². The van der Waals surface area contributed by atoms with Gasteiger partial charge in [-0.15, -0.1) is 0 Å². The van der Waals surface area contributed by atoms with Crippen LogP contribution in [0.25, 0.3) is 0 Å². The fourth-order valence-corrected chi connectivity index (χ4v) is 3.99. The van der Waals surface area contributed by atoms with Gasteiger partial charge in [-0.25, -0.2) is 0 Å². The molecule has 23 heavy (non-hydrogen) atoms. The first kappa shape index (κ1) is 15.5. The molecule has 4 heteroatoms. The molecule has 0 spiro atoms. The molecule has 1 aromatic rings. The number of hydrogen-bond acceptors (Lipinski definition) is 2. The predicted octanol–water partition coefficient (Wildman–Crippen LogP) is 3.40. The summed E-state index contributed by atoms with van der Waals surface area (Å²) < 4.78 is 0. The van der Waals surface area contributed by atoms with Gasteiger partial charge in [0.25, 0.3) is 0 Å². The standard InChI is InChI=1S/C19H21NO3/c1-10(2)15-13-7-8-14(15)17(19(22)23)16(13)18(21)20-12-6-4-5-11(3)9-12/h4-9,13-14,16-17H,1-3H3,(H,20,21)(H,22,23)/t13-,14+,16-,17-/m0/s1. The van der Waals surface area contributed by atoms with E-state index in [-0.39, 0.29) is 17.7 Å². The molecule has 4 atom stereocenters. The van der Waals surface area contributed by atoms with Gasteiger partial charge in [0.15, 0.2) is 0 Å². The van der Waals surface area contributed by atoms with E-state index in [4.69, 9.17) is 0 Å². The van der Waals surface area contributed by atoms with Gasteiger partial charge in [0.2, 0.25) is 5.91 Å². The van der Waals surface area contributed by atoms with E-state index in [0.717, 1.165) is 16.7 Å². The molecule has 2 aliphatic carbocycles. The Labute approximate surface area is 135 Å². The van der Waals surface area contributed by atoms with Crippen molar-refractivity contribution in [2.45, 2.75) is 20.8 Å². The number of aliphatic carboxylic acids is 1. The third-order valence-corrected chi connectivity index (χ3v) is 4.86. The Bertz CT molecular complexity index is 728. The Hall–Kier alpha value is -2.36. The average Bonchev–Trinajstić information content (AvgIpc) is 3.02. The van der Waals surface area contributed by atoms with Crippen molar-refractivity contribution in [1.29, 1.82) is 0 Å². The first-order chi connectivity index (χ1) is 10.9. The Morgan fingerprint density at radius 2 is 1.74 bits per heavy atom. The van der Waals surface area contributed by atoms with Crippen LogP contribution >= 0.6 is 0 Å². The van der Waals surface area contributed by atoms with E-state index in [1.54, 1.807) is 0 Å². The van der Waals surface area contributed by atoms with Crippen molar-refractivity contribution in [3.63, 3.8) is 0 Å². The number of carbonyl (C=O) groups is 2. The summed E-state index contributed by atoms with van der Waals surface area (Å²) >= 11 is 0. The van der Waals surface area contributed by atoms with E-state index in [1.165, 1.54) is 0 Å². The third kappa shape index (κ3) is 2.58. The number of aryl methyl sites for hydroxylation is 1. The van der Waals surface area contributed by atoms with Crippen LogP contribution in [0.4, 0.5) is 5.69 Å². The van der Waals surface area contributed by atoms with E-state index >= 15 is 0 Å². The molecule has 0 saturated heterocycles. The molecule has 2 aliphatic rings. The highest BCUT2D eigenvalue weighted by Gasteiger charge is 2.54. The number of carbonyl (C=O) groups excluding carboxylic acids is 1. The number of anilines is 1. The van der Waals surface area contributed by atoms with Gasteiger partial charge >= 0.3 is 5.97 Å². The minimum atomic E-state index is -0.898. The van der Waals surface area contributed by atoms with Crippen molar-refractivity contribution in [3.05, 3.63) is 53.1 Å². The van der Waals surface area contributed by atoms with Crippen LogP contribution < -0.4 is 5.32 Å². The van der Waals surface area contributed by atoms with Crippen molar-refractivity contribution in [2.75, 3.05) is 5.32 Å². The lowest BCUT2D eigenvalue weighted by Gasteiger charge is -2.23. The number of benzene rings is 1. The summed E-state index contributed by atoms with van der Waals surface area (Å²) in [4.78, 5) is 24.5.